The van der Waals surface area contributed by atoms with Gasteiger partial charge in [-0.1, -0.05) is 67.8 Å². The summed E-state index contributed by atoms with van der Waals surface area (Å²) in [5.41, 5.74) is 6.16. The van der Waals surface area contributed by atoms with E-state index in [0.29, 0.717) is 0 Å². The summed E-state index contributed by atoms with van der Waals surface area (Å²) in [7, 11) is 3.33. The smallest absolute Gasteiger partial charge is 0.127 e. The third-order valence-corrected chi connectivity index (χ3v) is 17.4. The molecule has 6 rings (SSSR count). The highest BCUT2D eigenvalue weighted by atomic mass is 31.1. The Labute approximate surface area is 208 Å². The molecule has 4 aliphatic heterocycles. The highest BCUT2D eigenvalue weighted by Gasteiger charge is 2.53. The predicted molar refractivity (Wildman–Crippen MR) is 148 cm³/mol. The van der Waals surface area contributed by atoms with E-state index in [-0.39, 0.29) is 15.8 Å². The molecule has 0 amide bonds. The van der Waals surface area contributed by atoms with Crippen LogP contribution in [-0.2, 0) is 0 Å². The molecule has 0 aromatic heterocycles. The first-order chi connectivity index (χ1) is 16.4. The Morgan fingerprint density at radius 3 is 1.18 bits per heavy atom. The van der Waals surface area contributed by atoms with Crippen molar-refractivity contribution >= 4 is 26.5 Å². The van der Waals surface area contributed by atoms with Gasteiger partial charge in [0.2, 0.25) is 0 Å². The molecule has 182 valence electrons. The molecule has 0 aliphatic carbocycles. The van der Waals surface area contributed by atoms with Gasteiger partial charge in [-0.25, -0.2) is 0 Å². The normalized spacial score (nSPS) is 40.2. The summed E-state index contributed by atoms with van der Waals surface area (Å²) in [6.45, 7) is 10.0. The van der Waals surface area contributed by atoms with Crippen LogP contribution in [0.1, 0.15) is 53.4 Å². The molecule has 4 aliphatic rings. The van der Waals surface area contributed by atoms with Crippen molar-refractivity contribution in [3.63, 3.8) is 0 Å². The molecule has 4 saturated heterocycles. The van der Waals surface area contributed by atoms with Crippen molar-refractivity contribution in [3.05, 3.63) is 36.4 Å². The van der Waals surface area contributed by atoms with Gasteiger partial charge in [0.1, 0.15) is 11.5 Å². The van der Waals surface area contributed by atoms with Crippen molar-refractivity contribution in [1.82, 2.24) is 0 Å². The minimum Gasteiger partial charge on any atom is -0.496 e. The Morgan fingerprint density at radius 1 is 0.559 bits per heavy atom. The summed E-state index contributed by atoms with van der Waals surface area (Å²) in [6, 6.07) is 13.8. The highest BCUT2D eigenvalue weighted by molar-refractivity contribution is 7.68. The molecule has 0 saturated carbocycles. The van der Waals surface area contributed by atoms with Gasteiger partial charge in [0.15, 0.2) is 0 Å². The van der Waals surface area contributed by atoms with E-state index in [1.165, 1.54) is 36.8 Å². The van der Waals surface area contributed by atoms with E-state index in [0.717, 1.165) is 57.8 Å². The average molecular weight is 495 g/mol. The third kappa shape index (κ3) is 3.34. The number of methoxy groups -OCH3 is 2. The fourth-order valence-corrected chi connectivity index (χ4v) is 17.0. The Balaban J connectivity index is 1.57. The number of rotatable bonds is 5. The summed E-state index contributed by atoms with van der Waals surface area (Å²) in [5, 5.41) is 3.18. The maximum atomic E-state index is 6.14. The first-order valence-corrected chi connectivity index (χ1v) is 16.3. The molecule has 4 bridgehead atoms. The molecule has 0 spiro atoms. The van der Waals surface area contributed by atoms with Crippen molar-refractivity contribution in [2.24, 2.45) is 23.7 Å². The quantitative estimate of drug-likeness (QED) is 0.409. The summed E-state index contributed by atoms with van der Waals surface area (Å²) in [4.78, 5) is 0. The maximum Gasteiger partial charge on any atom is 0.127 e. The van der Waals surface area contributed by atoms with Gasteiger partial charge in [0, 0.05) is 11.1 Å². The Kier molecular flexibility index (Phi) is 6.02. The van der Waals surface area contributed by atoms with E-state index >= 15 is 0 Å². The summed E-state index contributed by atoms with van der Waals surface area (Å²) < 4.78 is 12.3. The van der Waals surface area contributed by atoms with E-state index in [1.54, 1.807) is 10.6 Å². The molecular formula is C30H40O2P2. The van der Waals surface area contributed by atoms with Crippen molar-refractivity contribution in [2.45, 2.75) is 76.0 Å². The second-order valence-electron chi connectivity index (χ2n) is 11.6. The minimum absolute atomic E-state index is 0.191. The fourth-order valence-electron chi connectivity index (χ4n) is 8.15. The van der Waals surface area contributed by atoms with Gasteiger partial charge in [0.25, 0.3) is 0 Å². The number of fused-ring (bicyclic) bond motifs is 4. The van der Waals surface area contributed by atoms with Crippen molar-refractivity contribution in [3.8, 4) is 22.6 Å². The number of hydrogen-bond acceptors (Lipinski definition) is 2. The molecule has 2 aromatic carbocycles. The highest BCUT2D eigenvalue weighted by Crippen LogP contribution is 2.70. The van der Waals surface area contributed by atoms with Crippen LogP contribution in [0.2, 0.25) is 0 Å². The molecule has 2 nitrogen and oxygen atoms in total. The van der Waals surface area contributed by atoms with Crippen LogP contribution in [0.4, 0.5) is 0 Å². The maximum absolute atomic E-state index is 6.14. The Hall–Kier alpha value is -1.10. The van der Waals surface area contributed by atoms with Gasteiger partial charge < -0.3 is 9.47 Å². The van der Waals surface area contributed by atoms with E-state index in [4.69, 9.17) is 9.47 Å². The van der Waals surface area contributed by atoms with Crippen LogP contribution >= 0.6 is 15.8 Å². The molecular weight excluding hydrogens is 454 g/mol. The van der Waals surface area contributed by atoms with Crippen molar-refractivity contribution in [1.29, 1.82) is 0 Å². The first kappa shape index (κ1) is 23.3. The SMILES string of the molecule is COc1cccc(P2C3C[C@@H](C)C2C[C@H]3C)c1-c1c(OC)cccc1P1C2C[C@@H](C)C1C[C@H]2C. The predicted octanol–water partition coefficient (Wildman–Crippen LogP) is 7.22. The number of ether oxygens (including phenoxy) is 2. The number of hydrogen-bond donors (Lipinski definition) is 0. The average Bonchev–Trinajstić information content (AvgIpc) is 3.53. The Bertz CT molecular complexity index is 966. The summed E-state index contributed by atoms with van der Waals surface area (Å²) >= 11 is 0. The molecule has 34 heavy (non-hydrogen) atoms. The lowest BCUT2D eigenvalue weighted by molar-refractivity contribution is 0.365. The van der Waals surface area contributed by atoms with E-state index in [2.05, 4.69) is 64.1 Å². The first-order valence-electron chi connectivity index (χ1n) is 13.4. The Morgan fingerprint density at radius 2 is 0.882 bits per heavy atom. The van der Waals surface area contributed by atoms with Crippen LogP contribution in [-0.4, -0.2) is 36.9 Å². The third-order valence-electron chi connectivity index (χ3n) is 9.76. The molecule has 0 radical (unpaired) electrons. The second-order valence-corrected chi connectivity index (χ2v) is 16.9. The zero-order valence-electron chi connectivity index (χ0n) is 21.6. The standard InChI is InChI=1S/C30H40O2P2/c1-17-13-26-18(2)14-25(17)33(26)23-11-7-9-21(31-5)29(23)30-22(32-6)10-8-12-24(30)34-27-16-20(4)28(34)15-19(27)3/h7-12,17-20,25-28H,13-16H2,1-6H3/t17-,18-,19-,20-,25?,26?,27?,28?,33?,34?/m1/s1. The van der Waals surface area contributed by atoms with Gasteiger partial charge in [-0.3, -0.25) is 0 Å². The van der Waals surface area contributed by atoms with Gasteiger partial charge in [-0.05, 0) is 94.7 Å². The van der Waals surface area contributed by atoms with E-state index in [9.17, 15) is 0 Å². The van der Waals surface area contributed by atoms with Crippen molar-refractivity contribution < 1.29 is 9.47 Å². The summed E-state index contributed by atoms with van der Waals surface area (Å²) in [5.74, 6) is 5.47. The molecule has 4 fully saturated rings. The van der Waals surface area contributed by atoms with Crippen LogP contribution < -0.4 is 20.1 Å². The van der Waals surface area contributed by atoms with Crippen LogP contribution in [0.15, 0.2) is 36.4 Å². The van der Waals surface area contributed by atoms with E-state index < -0.39 is 0 Å². The monoisotopic (exact) mass is 494 g/mol. The lowest BCUT2D eigenvalue weighted by Gasteiger charge is -2.28. The van der Waals surface area contributed by atoms with Crippen LogP contribution in [0, 0.1) is 23.7 Å². The lowest BCUT2D eigenvalue weighted by atomic mass is 9.84. The lowest BCUT2D eigenvalue weighted by Crippen LogP contribution is -2.19. The molecule has 8 atom stereocenters. The second kappa shape index (κ2) is 8.78. The zero-order valence-corrected chi connectivity index (χ0v) is 23.4. The topological polar surface area (TPSA) is 18.5 Å². The molecule has 2 aromatic rings. The van der Waals surface area contributed by atoms with E-state index in [1.807, 2.05) is 14.2 Å². The van der Waals surface area contributed by atoms with Crippen LogP contribution in [0.3, 0.4) is 0 Å². The van der Waals surface area contributed by atoms with Crippen LogP contribution in [0.5, 0.6) is 11.5 Å². The summed E-state index contributed by atoms with van der Waals surface area (Å²) in [6.07, 6.45) is 5.61. The molecule has 0 N–H and O–H groups in total. The molecule has 4 heteroatoms. The molecule has 4 unspecified atom stereocenters. The van der Waals surface area contributed by atoms with Gasteiger partial charge in [-0.15, -0.1) is 0 Å². The zero-order chi connectivity index (χ0) is 23.7. The van der Waals surface area contributed by atoms with Gasteiger partial charge in [0.05, 0.1) is 14.2 Å². The largest absolute Gasteiger partial charge is 0.496 e. The number of benzene rings is 2. The fraction of sp³-hybridized carbons (Fsp3) is 0.600. The molecule has 4 heterocycles. The van der Waals surface area contributed by atoms with Gasteiger partial charge in [-0.2, -0.15) is 0 Å². The van der Waals surface area contributed by atoms with Crippen molar-refractivity contribution in [2.75, 3.05) is 14.2 Å². The van der Waals surface area contributed by atoms with Crippen LogP contribution in [0.25, 0.3) is 11.1 Å². The van der Waals surface area contributed by atoms with Gasteiger partial charge >= 0.3 is 0 Å². The minimum atomic E-state index is -0.191.